The normalized spacial score (nSPS) is 20.2. The van der Waals surface area contributed by atoms with Gasteiger partial charge in [-0.15, -0.1) is 0 Å². The molecule has 1 aliphatic rings. The van der Waals surface area contributed by atoms with Crippen molar-refractivity contribution in [3.8, 4) is 0 Å². The SMILES string of the molecule is CN(CC1CCCNC1)c1nc2ccccc2[nH]1. The molecule has 1 saturated heterocycles. The maximum absolute atomic E-state index is 4.63. The maximum atomic E-state index is 4.63. The van der Waals surface area contributed by atoms with E-state index in [1.54, 1.807) is 0 Å². The predicted molar refractivity (Wildman–Crippen MR) is 75.0 cm³/mol. The van der Waals surface area contributed by atoms with Crippen molar-refractivity contribution in [2.45, 2.75) is 12.8 Å². The molecule has 0 radical (unpaired) electrons. The molecule has 1 unspecified atom stereocenters. The zero-order valence-corrected chi connectivity index (χ0v) is 10.8. The second kappa shape index (κ2) is 4.98. The van der Waals surface area contributed by atoms with Gasteiger partial charge in [0.1, 0.15) is 0 Å². The summed E-state index contributed by atoms with van der Waals surface area (Å²) < 4.78 is 0. The van der Waals surface area contributed by atoms with Gasteiger partial charge >= 0.3 is 0 Å². The first-order valence-electron chi connectivity index (χ1n) is 6.69. The Morgan fingerprint density at radius 2 is 2.28 bits per heavy atom. The van der Waals surface area contributed by atoms with Crippen molar-refractivity contribution in [2.24, 2.45) is 5.92 Å². The van der Waals surface area contributed by atoms with E-state index in [0.717, 1.165) is 36.0 Å². The summed E-state index contributed by atoms with van der Waals surface area (Å²) in [6.45, 7) is 3.36. The van der Waals surface area contributed by atoms with Crippen molar-refractivity contribution in [3.05, 3.63) is 24.3 Å². The topological polar surface area (TPSA) is 44.0 Å². The highest BCUT2D eigenvalue weighted by Gasteiger charge is 2.16. The largest absolute Gasteiger partial charge is 0.345 e. The number of hydrogen-bond acceptors (Lipinski definition) is 3. The first kappa shape index (κ1) is 11.5. The first-order chi connectivity index (χ1) is 8.83. The van der Waals surface area contributed by atoms with Gasteiger partial charge in [0.25, 0.3) is 0 Å². The van der Waals surface area contributed by atoms with E-state index in [1.807, 2.05) is 18.2 Å². The van der Waals surface area contributed by atoms with E-state index in [4.69, 9.17) is 0 Å². The number of nitrogens with one attached hydrogen (secondary N) is 2. The second-order valence-electron chi connectivity index (χ2n) is 5.17. The summed E-state index contributed by atoms with van der Waals surface area (Å²) >= 11 is 0. The van der Waals surface area contributed by atoms with Crippen LogP contribution in [0.4, 0.5) is 5.95 Å². The Balaban J connectivity index is 1.72. The van der Waals surface area contributed by atoms with Crippen LogP contribution in [0.25, 0.3) is 11.0 Å². The number of para-hydroxylation sites is 2. The van der Waals surface area contributed by atoms with Crippen LogP contribution >= 0.6 is 0 Å². The van der Waals surface area contributed by atoms with Gasteiger partial charge in [0.15, 0.2) is 0 Å². The van der Waals surface area contributed by atoms with Crippen molar-refractivity contribution in [3.63, 3.8) is 0 Å². The highest BCUT2D eigenvalue weighted by atomic mass is 15.2. The summed E-state index contributed by atoms with van der Waals surface area (Å²) in [4.78, 5) is 10.2. The lowest BCUT2D eigenvalue weighted by Crippen LogP contribution is -2.37. The van der Waals surface area contributed by atoms with Gasteiger partial charge in [-0.3, -0.25) is 0 Å². The molecule has 4 nitrogen and oxygen atoms in total. The molecule has 18 heavy (non-hydrogen) atoms. The molecule has 1 atom stereocenters. The number of rotatable bonds is 3. The monoisotopic (exact) mass is 244 g/mol. The standard InChI is InChI=1S/C14H20N4/c1-18(10-11-5-4-8-15-9-11)14-16-12-6-2-3-7-13(12)17-14/h2-3,6-7,11,15H,4-5,8-10H2,1H3,(H,16,17). The van der Waals surface area contributed by atoms with Gasteiger partial charge in [0.05, 0.1) is 11.0 Å². The van der Waals surface area contributed by atoms with E-state index < -0.39 is 0 Å². The van der Waals surface area contributed by atoms with Gasteiger partial charge < -0.3 is 15.2 Å². The average Bonchev–Trinajstić information content (AvgIpc) is 2.84. The molecule has 0 spiro atoms. The molecule has 2 heterocycles. The number of imidazole rings is 1. The fourth-order valence-corrected chi connectivity index (χ4v) is 2.67. The Bertz CT molecular complexity index is 480. The molecule has 1 aliphatic heterocycles. The summed E-state index contributed by atoms with van der Waals surface area (Å²) in [5.41, 5.74) is 2.15. The van der Waals surface area contributed by atoms with Crippen molar-refractivity contribution >= 4 is 17.0 Å². The van der Waals surface area contributed by atoms with Gasteiger partial charge in [-0.2, -0.15) is 0 Å². The third-order valence-corrected chi connectivity index (χ3v) is 3.67. The molecule has 0 amide bonds. The molecular formula is C14H20N4. The third-order valence-electron chi connectivity index (χ3n) is 3.67. The van der Waals surface area contributed by atoms with Crippen LogP contribution in [0.5, 0.6) is 0 Å². The average molecular weight is 244 g/mol. The van der Waals surface area contributed by atoms with Gasteiger partial charge in [0, 0.05) is 13.6 Å². The fourth-order valence-electron chi connectivity index (χ4n) is 2.67. The molecule has 0 bridgehead atoms. The number of aromatic amines is 1. The third kappa shape index (κ3) is 2.34. The number of piperidine rings is 1. The van der Waals surface area contributed by atoms with Crippen molar-refractivity contribution < 1.29 is 0 Å². The molecule has 0 saturated carbocycles. The smallest absolute Gasteiger partial charge is 0.203 e. The zero-order chi connectivity index (χ0) is 12.4. The zero-order valence-electron chi connectivity index (χ0n) is 10.8. The van der Waals surface area contributed by atoms with Gasteiger partial charge in [-0.25, -0.2) is 4.98 Å². The fraction of sp³-hybridized carbons (Fsp3) is 0.500. The van der Waals surface area contributed by atoms with Gasteiger partial charge in [0.2, 0.25) is 5.95 Å². The Morgan fingerprint density at radius 3 is 3.06 bits per heavy atom. The van der Waals surface area contributed by atoms with Gasteiger partial charge in [-0.05, 0) is 44.0 Å². The molecule has 1 aromatic heterocycles. The van der Waals surface area contributed by atoms with E-state index in [0.29, 0.717) is 0 Å². The number of aromatic nitrogens is 2. The molecule has 3 rings (SSSR count). The van der Waals surface area contributed by atoms with E-state index in [1.165, 1.54) is 19.4 Å². The maximum Gasteiger partial charge on any atom is 0.203 e. The van der Waals surface area contributed by atoms with E-state index in [2.05, 4.69) is 33.3 Å². The molecule has 2 aromatic rings. The first-order valence-corrected chi connectivity index (χ1v) is 6.69. The second-order valence-corrected chi connectivity index (χ2v) is 5.17. The van der Waals surface area contributed by atoms with Crippen LogP contribution in [0.2, 0.25) is 0 Å². The highest BCUT2D eigenvalue weighted by molar-refractivity contribution is 5.77. The Labute approximate surface area is 107 Å². The predicted octanol–water partition coefficient (Wildman–Crippen LogP) is 2.00. The Morgan fingerprint density at radius 1 is 1.39 bits per heavy atom. The summed E-state index contributed by atoms with van der Waals surface area (Å²) in [5.74, 6) is 1.71. The molecule has 1 fully saturated rings. The van der Waals surface area contributed by atoms with Crippen molar-refractivity contribution in [2.75, 3.05) is 31.6 Å². The molecule has 4 heteroatoms. The molecular weight excluding hydrogens is 224 g/mol. The van der Waals surface area contributed by atoms with E-state index in [9.17, 15) is 0 Å². The number of fused-ring (bicyclic) bond motifs is 1. The van der Waals surface area contributed by atoms with Crippen LogP contribution < -0.4 is 10.2 Å². The summed E-state index contributed by atoms with van der Waals surface area (Å²) in [5, 5.41) is 3.46. The van der Waals surface area contributed by atoms with Crippen molar-refractivity contribution in [1.29, 1.82) is 0 Å². The van der Waals surface area contributed by atoms with Crippen LogP contribution in [0.15, 0.2) is 24.3 Å². The molecule has 1 aromatic carbocycles. The van der Waals surface area contributed by atoms with Gasteiger partial charge in [-0.1, -0.05) is 12.1 Å². The molecule has 0 aliphatic carbocycles. The summed E-state index contributed by atoms with van der Waals surface area (Å²) in [6.07, 6.45) is 2.61. The van der Waals surface area contributed by atoms with E-state index >= 15 is 0 Å². The minimum atomic E-state index is 0.733. The quantitative estimate of drug-likeness (QED) is 0.868. The van der Waals surface area contributed by atoms with E-state index in [-0.39, 0.29) is 0 Å². The van der Waals surface area contributed by atoms with Crippen LogP contribution in [-0.2, 0) is 0 Å². The Hall–Kier alpha value is -1.55. The summed E-state index contributed by atoms with van der Waals surface area (Å²) in [7, 11) is 2.12. The lowest BCUT2D eigenvalue weighted by atomic mass is 9.99. The minimum absolute atomic E-state index is 0.733. The van der Waals surface area contributed by atoms with Crippen LogP contribution in [0.3, 0.4) is 0 Å². The highest BCUT2D eigenvalue weighted by Crippen LogP contribution is 2.18. The van der Waals surface area contributed by atoms with Crippen LogP contribution in [0, 0.1) is 5.92 Å². The number of anilines is 1. The van der Waals surface area contributed by atoms with Crippen LogP contribution in [-0.4, -0.2) is 36.6 Å². The Kier molecular flexibility index (Phi) is 3.19. The number of nitrogens with zero attached hydrogens (tertiary/aromatic N) is 2. The summed E-state index contributed by atoms with van der Waals surface area (Å²) in [6, 6.07) is 8.18. The number of hydrogen-bond donors (Lipinski definition) is 2. The molecule has 2 N–H and O–H groups in total. The lowest BCUT2D eigenvalue weighted by molar-refractivity contribution is 0.380. The van der Waals surface area contributed by atoms with Crippen molar-refractivity contribution in [1.82, 2.24) is 15.3 Å². The number of H-pyrrole nitrogens is 1. The number of benzene rings is 1. The lowest BCUT2D eigenvalue weighted by Gasteiger charge is -2.27. The van der Waals surface area contributed by atoms with Crippen LogP contribution in [0.1, 0.15) is 12.8 Å². The molecule has 96 valence electrons. The minimum Gasteiger partial charge on any atom is -0.345 e.